The van der Waals surface area contributed by atoms with Gasteiger partial charge in [-0.1, -0.05) is 35.0 Å². The topological polar surface area (TPSA) is 12.0 Å². The fourth-order valence-corrected chi connectivity index (χ4v) is 3.79. The van der Waals surface area contributed by atoms with E-state index in [1.165, 1.54) is 14.2 Å². The molecule has 0 bridgehead atoms. The molecule has 0 fully saturated rings. The number of hydrogen-bond acceptors (Lipinski definition) is 2. The first-order chi connectivity index (χ1) is 9.10. The van der Waals surface area contributed by atoms with Crippen LogP contribution in [-0.4, -0.2) is 0 Å². The SMILES string of the molecule is CCC(NC(C)c1ccc(Br)s1)c1ccc(Br)cc1. The summed E-state index contributed by atoms with van der Waals surface area (Å²) in [5.74, 6) is 0. The van der Waals surface area contributed by atoms with Gasteiger partial charge in [0.1, 0.15) is 0 Å². The molecule has 2 atom stereocenters. The quantitative estimate of drug-likeness (QED) is 0.639. The highest BCUT2D eigenvalue weighted by molar-refractivity contribution is 9.11. The summed E-state index contributed by atoms with van der Waals surface area (Å²) in [6.07, 6.45) is 1.08. The van der Waals surface area contributed by atoms with Crippen molar-refractivity contribution in [1.29, 1.82) is 0 Å². The van der Waals surface area contributed by atoms with Gasteiger partial charge in [-0.05, 0) is 59.1 Å². The number of hydrogen-bond donors (Lipinski definition) is 1. The molecule has 1 aromatic heterocycles. The van der Waals surface area contributed by atoms with Crippen molar-refractivity contribution in [2.75, 3.05) is 0 Å². The van der Waals surface area contributed by atoms with E-state index in [4.69, 9.17) is 0 Å². The monoisotopic (exact) mass is 401 g/mol. The van der Waals surface area contributed by atoms with Gasteiger partial charge in [0.15, 0.2) is 0 Å². The van der Waals surface area contributed by atoms with E-state index in [1.54, 1.807) is 11.3 Å². The Hall–Kier alpha value is -0.160. The van der Waals surface area contributed by atoms with Gasteiger partial charge in [-0.15, -0.1) is 11.3 Å². The summed E-state index contributed by atoms with van der Waals surface area (Å²) in [4.78, 5) is 1.36. The first-order valence-corrected chi connectivity index (χ1v) is 8.77. The maximum absolute atomic E-state index is 3.71. The van der Waals surface area contributed by atoms with Crippen LogP contribution in [0.3, 0.4) is 0 Å². The number of benzene rings is 1. The van der Waals surface area contributed by atoms with E-state index >= 15 is 0 Å². The van der Waals surface area contributed by atoms with Crippen molar-refractivity contribution >= 4 is 43.2 Å². The Morgan fingerprint density at radius 1 is 1.11 bits per heavy atom. The standard InChI is InChI=1S/C15H17Br2NS/c1-3-13(11-4-6-12(16)7-5-11)18-10(2)14-8-9-15(17)19-14/h4-10,13,18H,3H2,1-2H3. The average molecular weight is 403 g/mol. The van der Waals surface area contributed by atoms with Crippen LogP contribution in [0.4, 0.5) is 0 Å². The number of nitrogens with one attached hydrogen (secondary N) is 1. The molecule has 1 nitrogen and oxygen atoms in total. The zero-order chi connectivity index (χ0) is 13.8. The molecule has 102 valence electrons. The van der Waals surface area contributed by atoms with Gasteiger partial charge < -0.3 is 5.32 Å². The van der Waals surface area contributed by atoms with Crippen molar-refractivity contribution in [2.24, 2.45) is 0 Å². The fraction of sp³-hybridized carbons (Fsp3) is 0.333. The van der Waals surface area contributed by atoms with Crippen molar-refractivity contribution in [3.63, 3.8) is 0 Å². The molecule has 0 saturated carbocycles. The largest absolute Gasteiger partial charge is 0.303 e. The molecule has 1 heterocycles. The third-order valence-electron chi connectivity index (χ3n) is 3.15. The summed E-state index contributed by atoms with van der Waals surface area (Å²) in [6, 6.07) is 13.6. The van der Waals surface area contributed by atoms with Gasteiger partial charge in [-0.25, -0.2) is 0 Å². The Bertz CT molecular complexity index is 521. The van der Waals surface area contributed by atoms with Gasteiger partial charge in [-0.2, -0.15) is 0 Å². The molecule has 1 N–H and O–H groups in total. The van der Waals surface area contributed by atoms with Crippen LogP contribution in [0.15, 0.2) is 44.7 Å². The predicted molar refractivity (Wildman–Crippen MR) is 90.7 cm³/mol. The van der Waals surface area contributed by atoms with Gasteiger partial charge >= 0.3 is 0 Å². The third kappa shape index (κ3) is 4.15. The van der Waals surface area contributed by atoms with Crippen LogP contribution in [0.1, 0.15) is 42.8 Å². The number of rotatable bonds is 5. The van der Waals surface area contributed by atoms with Crippen LogP contribution in [0.2, 0.25) is 0 Å². The normalized spacial score (nSPS) is 14.3. The van der Waals surface area contributed by atoms with Crippen LogP contribution < -0.4 is 5.32 Å². The molecule has 2 rings (SSSR count). The highest BCUT2D eigenvalue weighted by Gasteiger charge is 2.14. The van der Waals surface area contributed by atoms with E-state index in [1.807, 2.05) is 0 Å². The first-order valence-electron chi connectivity index (χ1n) is 6.37. The number of halogens is 2. The van der Waals surface area contributed by atoms with Gasteiger partial charge in [0.25, 0.3) is 0 Å². The Balaban J connectivity index is 2.08. The molecule has 2 unspecified atom stereocenters. The summed E-state index contributed by atoms with van der Waals surface area (Å²) < 4.78 is 2.31. The van der Waals surface area contributed by atoms with Crippen molar-refractivity contribution in [2.45, 2.75) is 32.4 Å². The highest BCUT2D eigenvalue weighted by Crippen LogP contribution is 2.29. The Labute approximate surface area is 135 Å². The maximum Gasteiger partial charge on any atom is 0.0701 e. The minimum absolute atomic E-state index is 0.366. The molecular weight excluding hydrogens is 386 g/mol. The van der Waals surface area contributed by atoms with Gasteiger partial charge in [0.2, 0.25) is 0 Å². The highest BCUT2D eigenvalue weighted by atomic mass is 79.9. The summed E-state index contributed by atoms with van der Waals surface area (Å²) in [6.45, 7) is 4.44. The molecule has 0 amide bonds. The Morgan fingerprint density at radius 3 is 2.32 bits per heavy atom. The second-order valence-electron chi connectivity index (χ2n) is 4.54. The zero-order valence-corrected chi connectivity index (χ0v) is 15.0. The van der Waals surface area contributed by atoms with E-state index < -0.39 is 0 Å². The van der Waals surface area contributed by atoms with Crippen molar-refractivity contribution in [3.05, 3.63) is 55.1 Å². The molecule has 0 aliphatic heterocycles. The minimum Gasteiger partial charge on any atom is -0.303 e. The molecular formula is C15H17Br2NS. The summed E-state index contributed by atoms with van der Waals surface area (Å²) >= 11 is 8.80. The lowest BCUT2D eigenvalue weighted by atomic mass is 10.0. The predicted octanol–water partition coefficient (Wildman–Crippen LogP) is 6.08. The van der Waals surface area contributed by atoms with Crippen molar-refractivity contribution < 1.29 is 0 Å². The molecule has 19 heavy (non-hydrogen) atoms. The first kappa shape index (κ1) is 15.2. The lowest BCUT2D eigenvalue weighted by Crippen LogP contribution is -2.23. The molecule has 1 aromatic carbocycles. The zero-order valence-electron chi connectivity index (χ0n) is 11.0. The molecule has 0 aliphatic rings. The van der Waals surface area contributed by atoms with Crippen molar-refractivity contribution in [3.8, 4) is 0 Å². The Kier molecular flexibility index (Phi) is 5.63. The fourth-order valence-electron chi connectivity index (χ4n) is 2.09. The number of thiophene rings is 1. The Morgan fingerprint density at radius 2 is 1.79 bits per heavy atom. The van der Waals surface area contributed by atoms with Gasteiger partial charge in [0, 0.05) is 21.4 Å². The van der Waals surface area contributed by atoms with E-state index in [0.29, 0.717) is 12.1 Å². The van der Waals surface area contributed by atoms with Crippen LogP contribution in [-0.2, 0) is 0 Å². The second kappa shape index (κ2) is 7.02. The van der Waals surface area contributed by atoms with Gasteiger partial charge in [0.05, 0.1) is 3.79 Å². The maximum atomic E-state index is 3.71. The molecule has 0 saturated heterocycles. The van der Waals surface area contributed by atoms with Crippen LogP contribution in [0, 0.1) is 0 Å². The van der Waals surface area contributed by atoms with Crippen LogP contribution in [0.5, 0.6) is 0 Å². The van der Waals surface area contributed by atoms with E-state index in [9.17, 15) is 0 Å². The molecule has 4 heteroatoms. The summed E-state index contributed by atoms with van der Waals surface area (Å²) in [7, 11) is 0. The average Bonchev–Trinajstić information content (AvgIpc) is 2.84. The van der Waals surface area contributed by atoms with Crippen LogP contribution in [0.25, 0.3) is 0 Å². The van der Waals surface area contributed by atoms with Crippen molar-refractivity contribution in [1.82, 2.24) is 5.32 Å². The van der Waals surface area contributed by atoms with Crippen LogP contribution >= 0.6 is 43.2 Å². The lowest BCUT2D eigenvalue weighted by molar-refractivity contribution is 0.460. The van der Waals surface area contributed by atoms with E-state index in [-0.39, 0.29) is 0 Å². The summed E-state index contributed by atoms with van der Waals surface area (Å²) in [5, 5.41) is 3.71. The molecule has 0 spiro atoms. The second-order valence-corrected chi connectivity index (χ2v) is 7.95. The van der Waals surface area contributed by atoms with E-state index in [2.05, 4.69) is 87.4 Å². The minimum atomic E-state index is 0.366. The lowest BCUT2D eigenvalue weighted by Gasteiger charge is -2.22. The van der Waals surface area contributed by atoms with Gasteiger partial charge in [-0.3, -0.25) is 0 Å². The smallest absolute Gasteiger partial charge is 0.0701 e. The molecule has 2 aromatic rings. The summed E-state index contributed by atoms with van der Waals surface area (Å²) in [5.41, 5.74) is 1.34. The third-order valence-corrected chi connectivity index (χ3v) is 5.49. The molecule has 0 radical (unpaired) electrons. The van der Waals surface area contributed by atoms with E-state index in [0.717, 1.165) is 10.9 Å². The molecule has 0 aliphatic carbocycles.